The van der Waals surface area contributed by atoms with Crippen molar-refractivity contribution in [3.63, 3.8) is 0 Å². The van der Waals surface area contributed by atoms with Gasteiger partial charge in [-0.15, -0.1) is 0 Å². The fraction of sp³-hybridized carbons (Fsp3) is 0.500. The first-order valence-corrected chi connectivity index (χ1v) is 5.71. The minimum absolute atomic E-state index is 0.0668. The summed E-state index contributed by atoms with van der Waals surface area (Å²) in [6.45, 7) is 0.790. The third kappa shape index (κ3) is 2.51. The summed E-state index contributed by atoms with van der Waals surface area (Å²) in [5.74, 6) is 0.448. The van der Waals surface area contributed by atoms with Crippen molar-refractivity contribution in [3.8, 4) is 0 Å². The van der Waals surface area contributed by atoms with E-state index in [4.69, 9.17) is 0 Å². The Labute approximate surface area is 95.0 Å². The quantitative estimate of drug-likeness (QED) is 0.784. The van der Waals surface area contributed by atoms with Gasteiger partial charge in [0.05, 0.1) is 0 Å². The fourth-order valence-corrected chi connectivity index (χ4v) is 1.92. The van der Waals surface area contributed by atoms with Crippen LogP contribution in [0.5, 0.6) is 0 Å². The lowest BCUT2D eigenvalue weighted by molar-refractivity contribution is 0.830. The van der Waals surface area contributed by atoms with E-state index in [0.717, 1.165) is 13.0 Å². The molecule has 0 aliphatic heterocycles. The molecule has 4 heteroatoms. The summed E-state index contributed by atoms with van der Waals surface area (Å²) in [5.41, 5.74) is 1.43. The Bertz CT molecular complexity index is 448. The van der Waals surface area contributed by atoms with Crippen LogP contribution in [-0.2, 0) is 7.05 Å². The topological polar surface area (TPSA) is 46.9 Å². The molecule has 0 atom stereocenters. The fourth-order valence-electron chi connectivity index (χ4n) is 1.92. The van der Waals surface area contributed by atoms with Crippen LogP contribution in [0.25, 0.3) is 0 Å². The van der Waals surface area contributed by atoms with Crippen LogP contribution >= 0.6 is 0 Å². The molecule has 1 aliphatic rings. The molecule has 1 N–H and O–H groups in total. The average molecular weight is 219 g/mol. The normalized spacial score (nSPS) is 14.9. The molecule has 0 radical (unpaired) electrons. The van der Waals surface area contributed by atoms with Crippen molar-refractivity contribution in [2.24, 2.45) is 7.05 Å². The van der Waals surface area contributed by atoms with Gasteiger partial charge in [0.15, 0.2) is 5.82 Å². The Morgan fingerprint density at radius 2 is 2.44 bits per heavy atom. The van der Waals surface area contributed by atoms with E-state index in [1.807, 2.05) is 0 Å². The molecule has 1 heterocycles. The number of rotatable bonds is 4. The van der Waals surface area contributed by atoms with Gasteiger partial charge in [-0.3, -0.25) is 4.79 Å². The highest BCUT2D eigenvalue weighted by Gasteiger charge is 2.05. The largest absolute Gasteiger partial charge is 0.365 e. The Balaban J connectivity index is 1.90. The van der Waals surface area contributed by atoms with Gasteiger partial charge < -0.3 is 9.88 Å². The number of nitrogens with one attached hydrogen (secondary N) is 1. The summed E-state index contributed by atoms with van der Waals surface area (Å²) < 4.78 is 1.53. The molecular formula is C12H17N3O. The molecule has 16 heavy (non-hydrogen) atoms. The van der Waals surface area contributed by atoms with Crippen LogP contribution in [0.2, 0.25) is 0 Å². The second-order valence-corrected chi connectivity index (χ2v) is 4.12. The lowest BCUT2D eigenvalue weighted by Crippen LogP contribution is -2.22. The monoisotopic (exact) mass is 219 g/mol. The molecule has 0 amide bonds. The standard InChI is InChI=1S/C12H17N3O/c1-15-9-8-14-11(12(15)16)13-7-6-10-4-2-3-5-10/h4,8-9H,2-3,5-7H2,1H3,(H,13,14). The summed E-state index contributed by atoms with van der Waals surface area (Å²) in [5, 5.41) is 3.10. The zero-order valence-corrected chi connectivity index (χ0v) is 9.57. The van der Waals surface area contributed by atoms with Crippen LogP contribution in [0.15, 0.2) is 28.8 Å². The highest BCUT2D eigenvalue weighted by molar-refractivity contribution is 5.30. The molecule has 1 aromatic heterocycles. The van der Waals surface area contributed by atoms with Crippen molar-refractivity contribution in [2.45, 2.75) is 25.7 Å². The minimum Gasteiger partial charge on any atom is -0.365 e. The van der Waals surface area contributed by atoms with Crippen molar-refractivity contribution >= 4 is 5.82 Å². The highest BCUT2D eigenvalue weighted by atomic mass is 16.1. The average Bonchev–Trinajstić information content (AvgIpc) is 2.77. The second kappa shape index (κ2) is 4.96. The van der Waals surface area contributed by atoms with Crippen molar-refractivity contribution in [3.05, 3.63) is 34.4 Å². The number of allylic oxidation sites excluding steroid dienone is 1. The maximum absolute atomic E-state index is 11.6. The first kappa shape index (κ1) is 10.9. The second-order valence-electron chi connectivity index (χ2n) is 4.12. The smallest absolute Gasteiger partial charge is 0.293 e. The Hall–Kier alpha value is -1.58. The van der Waals surface area contributed by atoms with E-state index in [-0.39, 0.29) is 5.56 Å². The van der Waals surface area contributed by atoms with Crippen molar-refractivity contribution in [1.82, 2.24) is 9.55 Å². The van der Waals surface area contributed by atoms with Gasteiger partial charge in [-0.2, -0.15) is 0 Å². The van der Waals surface area contributed by atoms with E-state index in [1.54, 1.807) is 19.4 Å². The maximum atomic E-state index is 11.6. The number of hydrogen-bond acceptors (Lipinski definition) is 3. The Kier molecular flexibility index (Phi) is 3.39. The van der Waals surface area contributed by atoms with Gasteiger partial charge in [-0.25, -0.2) is 4.98 Å². The van der Waals surface area contributed by atoms with Crippen LogP contribution in [0.4, 0.5) is 5.82 Å². The highest BCUT2D eigenvalue weighted by Crippen LogP contribution is 2.19. The van der Waals surface area contributed by atoms with Gasteiger partial charge >= 0.3 is 0 Å². The summed E-state index contributed by atoms with van der Waals surface area (Å²) >= 11 is 0. The summed E-state index contributed by atoms with van der Waals surface area (Å²) in [7, 11) is 1.73. The van der Waals surface area contributed by atoms with Crippen LogP contribution in [0, 0.1) is 0 Å². The summed E-state index contributed by atoms with van der Waals surface area (Å²) in [6, 6.07) is 0. The molecule has 0 fully saturated rings. The first-order chi connectivity index (χ1) is 7.77. The molecule has 0 aromatic carbocycles. The van der Waals surface area contributed by atoms with Gasteiger partial charge in [0.2, 0.25) is 0 Å². The SMILES string of the molecule is Cn1ccnc(NCCC2=CCCC2)c1=O. The number of aryl methyl sites for hydroxylation is 1. The zero-order chi connectivity index (χ0) is 11.4. The van der Waals surface area contributed by atoms with Gasteiger partial charge in [0.1, 0.15) is 0 Å². The lowest BCUT2D eigenvalue weighted by Gasteiger charge is -2.06. The molecule has 1 aliphatic carbocycles. The van der Waals surface area contributed by atoms with Crippen LogP contribution in [0.1, 0.15) is 25.7 Å². The van der Waals surface area contributed by atoms with Gasteiger partial charge in [-0.05, 0) is 25.7 Å². The molecule has 0 spiro atoms. The first-order valence-electron chi connectivity index (χ1n) is 5.71. The maximum Gasteiger partial charge on any atom is 0.293 e. The number of aromatic nitrogens is 2. The van der Waals surface area contributed by atoms with E-state index in [2.05, 4.69) is 16.4 Å². The van der Waals surface area contributed by atoms with Crippen LogP contribution in [-0.4, -0.2) is 16.1 Å². The molecule has 0 saturated heterocycles. The van der Waals surface area contributed by atoms with Crippen molar-refractivity contribution in [1.29, 1.82) is 0 Å². The molecule has 1 aromatic rings. The number of hydrogen-bond donors (Lipinski definition) is 1. The summed E-state index contributed by atoms with van der Waals surface area (Å²) in [4.78, 5) is 15.7. The van der Waals surface area contributed by atoms with Gasteiger partial charge in [0.25, 0.3) is 5.56 Å². The van der Waals surface area contributed by atoms with E-state index in [1.165, 1.54) is 29.4 Å². The number of nitrogens with zero attached hydrogens (tertiary/aromatic N) is 2. The predicted molar refractivity (Wildman–Crippen MR) is 64.5 cm³/mol. The third-order valence-electron chi connectivity index (χ3n) is 2.89. The van der Waals surface area contributed by atoms with E-state index in [0.29, 0.717) is 5.82 Å². The molecule has 86 valence electrons. The number of anilines is 1. The Morgan fingerprint density at radius 1 is 1.56 bits per heavy atom. The van der Waals surface area contributed by atoms with Crippen molar-refractivity contribution < 1.29 is 0 Å². The molecule has 0 saturated carbocycles. The van der Waals surface area contributed by atoms with E-state index in [9.17, 15) is 4.79 Å². The summed E-state index contributed by atoms with van der Waals surface area (Å²) in [6.07, 6.45) is 10.3. The molecular weight excluding hydrogens is 202 g/mol. The van der Waals surface area contributed by atoms with Crippen LogP contribution < -0.4 is 10.9 Å². The van der Waals surface area contributed by atoms with Gasteiger partial charge in [-0.1, -0.05) is 11.6 Å². The molecule has 0 unspecified atom stereocenters. The molecule has 0 bridgehead atoms. The third-order valence-corrected chi connectivity index (χ3v) is 2.89. The van der Waals surface area contributed by atoms with Crippen molar-refractivity contribution in [2.75, 3.05) is 11.9 Å². The zero-order valence-electron chi connectivity index (χ0n) is 9.57. The van der Waals surface area contributed by atoms with Crippen LogP contribution in [0.3, 0.4) is 0 Å². The van der Waals surface area contributed by atoms with E-state index >= 15 is 0 Å². The molecule has 4 nitrogen and oxygen atoms in total. The minimum atomic E-state index is -0.0668. The predicted octanol–water partition coefficient (Wildman–Crippen LogP) is 1.69. The lowest BCUT2D eigenvalue weighted by atomic mass is 10.2. The van der Waals surface area contributed by atoms with E-state index < -0.39 is 0 Å². The van der Waals surface area contributed by atoms with Gasteiger partial charge in [0, 0.05) is 26.0 Å². The molecule has 2 rings (SSSR count). The Morgan fingerprint density at radius 3 is 3.19 bits per heavy atom.